The van der Waals surface area contributed by atoms with Crippen molar-refractivity contribution in [1.29, 1.82) is 5.26 Å². The first kappa shape index (κ1) is 34.3. The highest BCUT2D eigenvalue weighted by Crippen LogP contribution is 2.58. The molecule has 1 aromatic carbocycles. The number of anilines is 2. The van der Waals surface area contributed by atoms with Gasteiger partial charge in [-0.05, 0) is 86.1 Å². The van der Waals surface area contributed by atoms with Crippen LogP contribution in [0.1, 0.15) is 120 Å². The van der Waals surface area contributed by atoms with E-state index in [4.69, 9.17) is 5.11 Å². The molecule has 6 heteroatoms. The van der Waals surface area contributed by atoms with E-state index < -0.39 is 0 Å². The summed E-state index contributed by atoms with van der Waals surface area (Å²) in [7, 11) is 1.00. The van der Waals surface area contributed by atoms with Crippen LogP contribution in [0.15, 0.2) is 30.3 Å². The summed E-state index contributed by atoms with van der Waals surface area (Å²) in [6.45, 7) is 14.9. The first-order valence-electron chi connectivity index (χ1n) is 15.8. The fourth-order valence-electron chi connectivity index (χ4n) is 5.82. The number of hydrogen-bond acceptors (Lipinski definition) is 5. The smallest absolute Gasteiger partial charge is 0.258 e. The monoisotopic (exact) mass is 562 g/mol. The van der Waals surface area contributed by atoms with Crippen molar-refractivity contribution in [1.82, 2.24) is 4.98 Å². The molecule has 4 rings (SSSR count). The van der Waals surface area contributed by atoms with E-state index in [9.17, 15) is 10.1 Å². The third-order valence-corrected chi connectivity index (χ3v) is 8.78. The van der Waals surface area contributed by atoms with E-state index in [2.05, 4.69) is 68.0 Å². The number of carbonyl (C=O) groups excluding carboxylic acids is 1. The molecule has 0 radical (unpaired) electrons. The zero-order chi connectivity index (χ0) is 30.4. The molecule has 6 nitrogen and oxygen atoms in total. The van der Waals surface area contributed by atoms with Crippen LogP contribution in [0.5, 0.6) is 0 Å². The second kappa shape index (κ2) is 17.1. The van der Waals surface area contributed by atoms with Crippen molar-refractivity contribution < 1.29 is 9.90 Å². The number of carbonyl (C=O) groups is 1. The molecular formula is C35H54N4O2. The number of nitrogens with one attached hydrogen (secondary N) is 1. The predicted octanol–water partition coefficient (Wildman–Crippen LogP) is 8.31. The highest BCUT2D eigenvalue weighted by molar-refractivity contribution is 6.08. The largest absolute Gasteiger partial charge is 0.400 e. The number of nitrogens with zero attached hydrogens (tertiary/aromatic N) is 3. The molecule has 1 aliphatic carbocycles. The number of pyridine rings is 1. The molecule has 226 valence electrons. The van der Waals surface area contributed by atoms with Gasteiger partial charge in [0, 0.05) is 25.9 Å². The third kappa shape index (κ3) is 9.57. The molecule has 2 N–H and O–H groups in total. The highest BCUT2D eigenvalue weighted by atomic mass is 16.2. The molecule has 1 saturated heterocycles. The van der Waals surface area contributed by atoms with Gasteiger partial charge in [-0.25, -0.2) is 4.98 Å². The number of aryl methyl sites for hydroxylation is 2. The normalized spacial score (nSPS) is 17.3. The molecule has 1 aromatic heterocycles. The summed E-state index contributed by atoms with van der Waals surface area (Å²) in [5.41, 5.74) is 4.72. The number of aliphatic hydroxyl groups excluding tert-OH is 1. The summed E-state index contributed by atoms with van der Waals surface area (Å²) in [5, 5.41) is 19.2. The van der Waals surface area contributed by atoms with Crippen LogP contribution < -0.4 is 10.2 Å². The fourth-order valence-corrected chi connectivity index (χ4v) is 5.82. The Morgan fingerprint density at radius 3 is 2.44 bits per heavy atom. The van der Waals surface area contributed by atoms with Crippen LogP contribution in [0.25, 0.3) is 0 Å². The molecule has 41 heavy (non-hydrogen) atoms. The Kier molecular flexibility index (Phi) is 14.3. The molecule has 1 saturated carbocycles. The predicted molar refractivity (Wildman–Crippen MR) is 171 cm³/mol. The topological polar surface area (TPSA) is 89.2 Å². The number of rotatable bonds is 10. The standard InChI is InChI=1S/C31H42N4O.C3H8.CH4O/c1-5-22(3)9-7-8-10-26-21-35(18-17-31(26)15-16-31)28-19-24(6-2)11-13-27(28)30(36)34-29-14-12-25(20-32)23(4)33-29;1-3-2;1-2/h11-14,19,22,26H,5-10,15-18,21H2,1-4H3,(H,33,34,36);3H2,1-2H3;2H,1H3. The van der Waals surface area contributed by atoms with Crippen molar-refractivity contribution in [2.24, 2.45) is 17.3 Å². The quantitative estimate of drug-likeness (QED) is 0.284. The number of benzene rings is 1. The molecule has 1 spiro atoms. The van der Waals surface area contributed by atoms with Gasteiger partial charge in [0.25, 0.3) is 5.91 Å². The molecule has 2 atom stereocenters. The Labute approximate surface area is 249 Å². The maximum absolute atomic E-state index is 13.4. The molecule has 2 aromatic rings. The minimum Gasteiger partial charge on any atom is -0.400 e. The van der Waals surface area contributed by atoms with Gasteiger partial charge < -0.3 is 15.3 Å². The van der Waals surface area contributed by atoms with E-state index in [0.29, 0.717) is 34.0 Å². The average Bonchev–Trinajstić information content (AvgIpc) is 3.77. The molecule has 1 amide bonds. The highest BCUT2D eigenvalue weighted by Gasteiger charge is 2.51. The van der Waals surface area contributed by atoms with E-state index in [0.717, 1.165) is 38.2 Å². The van der Waals surface area contributed by atoms with Gasteiger partial charge in [0.05, 0.1) is 16.8 Å². The van der Waals surface area contributed by atoms with Gasteiger partial charge >= 0.3 is 0 Å². The summed E-state index contributed by atoms with van der Waals surface area (Å²) >= 11 is 0. The first-order chi connectivity index (χ1) is 19.8. The van der Waals surface area contributed by atoms with Crippen LogP contribution in [-0.2, 0) is 6.42 Å². The summed E-state index contributed by atoms with van der Waals surface area (Å²) in [6, 6.07) is 11.8. The maximum atomic E-state index is 13.4. The fraction of sp³-hybridized carbons (Fsp3) is 0.629. The van der Waals surface area contributed by atoms with Gasteiger partial charge in [-0.2, -0.15) is 5.26 Å². The number of aromatic nitrogens is 1. The van der Waals surface area contributed by atoms with Crippen LogP contribution in [0.4, 0.5) is 11.5 Å². The first-order valence-corrected chi connectivity index (χ1v) is 15.8. The number of amides is 1. The van der Waals surface area contributed by atoms with Crippen LogP contribution in [0.3, 0.4) is 0 Å². The van der Waals surface area contributed by atoms with Crippen molar-refractivity contribution in [2.45, 2.75) is 106 Å². The van der Waals surface area contributed by atoms with Crippen LogP contribution >= 0.6 is 0 Å². The Morgan fingerprint density at radius 2 is 1.85 bits per heavy atom. The van der Waals surface area contributed by atoms with Crippen molar-refractivity contribution >= 4 is 17.4 Å². The van der Waals surface area contributed by atoms with E-state index in [-0.39, 0.29) is 5.91 Å². The van der Waals surface area contributed by atoms with E-state index in [1.54, 1.807) is 19.1 Å². The van der Waals surface area contributed by atoms with Crippen molar-refractivity contribution in [3.63, 3.8) is 0 Å². The SMILES string of the molecule is CCC.CCc1ccc(C(=O)Nc2ccc(C#N)c(C)n2)c(N2CCC3(CC3)C(CCCCC(C)CC)C2)c1.CO. The lowest BCUT2D eigenvalue weighted by atomic mass is 9.78. The lowest BCUT2D eigenvalue weighted by Gasteiger charge is -2.41. The lowest BCUT2D eigenvalue weighted by Crippen LogP contribution is -2.42. The van der Waals surface area contributed by atoms with Gasteiger partial charge in [-0.3, -0.25) is 4.79 Å². The van der Waals surface area contributed by atoms with Crippen LogP contribution in [0.2, 0.25) is 0 Å². The Morgan fingerprint density at radius 1 is 1.15 bits per heavy atom. The summed E-state index contributed by atoms with van der Waals surface area (Å²) in [4.78, 5) is 20.3. The molecule has 0 bridgehead atoms. The van der Waals surface area contributed by atoms with Crippen molar-refractivity contribution in [3.05, 3.63) is 52.7 Å². The van der Waals surface area contributed by atoms with E-state index >= 15 is 0 Å². The van der Waals surface area contributed by atoms with E-state index in [1.807, 2.05) is 6.07 Å². The Bertz CT molecular complexity index is 1140. The summed E-state index contributed by atoms with van der Waals surface area (Å²) in [5.74, 6) is 1.89. The van der Waals surface area contributed by atoms with Gasteiger partial charge in [0.2, 0.25) is 0 Å². The second-order valence-corrected chi connectivity index (χ2v) is 11.9. The van der Waals surface area contributed by atoms with E-state index in [1.165, 1.54) is 63.4 Å². The van der Waals surface area contributed by atoms with Gasteiger partial charge in [0.1, 0.15) is 11.9 Å². The van der Waals surface area contributed by atoms with Crippen LogP contribution in [-0.4, -0.2) is 36.2 Å². The van der Waals surface area contributed by atoms with Gasteiger partial charge in [-0.1, -0.05) is 72.8 Å². The second-order valence-electron chi connectivity index (χ2n) is 11.9. The summed E-state index contributed by atoms with van der Waals surface area (Å²) < 4.78 is 0. The van der Waals surface area contributed by atoms with Crippen molar-refractivity contribution in [2.75, 3.05) is 30.4 Å². The number of nitriles is 1. The lowest BCUT2D eigenvalue weighted by molar-refractivity contribution is 0.102. The number of unbranched alkanes of at least 4 members (excludes halogenated alkanes) is 1. The zero-order valence-electron chi connectivity index (χ0n) is 26.7. The van der Waals surface area contributed by atoms with Gasteiger partial charge in [0.15, 0.2) is 0 Å². The average molecular weight is 563 g/mol. The number of hydrogen-bond donors (Lipinski definition) is 2. The Hall–Kier alpha value is -2.91. The molecular weight excluding hydrogens is 508 g/mol. The van der Waals surface area contributed by atoms with Crippen LogP contribution in [0, 0.1) is 35.5 Å². The maximum Gasteiger partial charge on any atom is 0.258 e. The molecule has 1 aliphatic heterocycles. The minimum absolute atomic E-state index is 0.138. The van der Waals surface area contributed by atoms with Crippen molar-refractivity contribution in [3.8, 4) is 6.07 Å². The molecule has 2 heterocycles. The minimum atomic E-state index is -0.138. The molecule has 2 fully saturated rings. The third-order valence-electron chi connectivity index (χ3n) is 8.78. The Balaban J connectivity index is 0.00000110. The summed E-state index contributed by atoms with van der Waals surface area (Å²) in [6.07, 6.45) is 12.7. The number of aliphatic hydroxyl groups is 1. The molecule has 2 aliphatic rings. The van der Waals surface area contributed by atoms with Gasteiger partial charge in [-0.15, -0.1) is 0 Å². The zero-order valence-corrected chi connectivity index (χ0v) is 26.7. The molecule has 2 unspecified atom stereocenters. The number of piperidine rings is 1.